The number of nitrogens with zero attached hydrogens (tertiary/aromatic N) is 1. The van der Waals surface area contributed by atoms with E-state index in [0.717, 1.165) is 11.1 Å². The van der Waals surface area contributed by atoms with E-state index in [1.165, 1.54) is 0 Å². The standard InChI is InChI=1S/C25H29NO6/c1-4-30-20-11-10-16(14-21(20)31-5-2)12-13-26-23(27)22(24(28)29)18-15-25(26,3)32-19-9-7-6-8-17(18)19/h6-11,14,18,22H,4-5,12-13,15H2,1-3H3,(H,28,29)/t18-,22-,25+/m1/s1. The number of carboxylic acid groups (broad SMARTS) is 1. The Morgan fingerprint density at radius 1 is 1.16 bits per heavy atom. The number of ether oxygens (including phenoxy) is 3. The molecule has 0 radical (unpaired) electrons. The Morgan fingerprint density at radius 2 is 1.88 bits per heavy atom. The number of fused-ring (bicyclic) bond motifs is 4. The molecule has 170 valence electrons. The van der Waals surface area contributed by atoms with E-state index in [2.05, 4.69) is 0 Å². The number of para-hydroxylation sites is 1. The Balaban J connectivity index is 1.61. The van der Waals surface area contributed by atoms with E-state index in [9.17, 15) is 14.7 Å². The largest absolute Gasteiger partial charge is 0.490 e. The molecule has 3 atom stereocenters. The molecule has 2 aromatic rings. The fraction of sp³-hybridized carbons (Fsp3) is 0.440. The summed E-state index contributed by atoms with van der Waals surface area (Å²) in [6.45, 7) is 7.10. The van der Waals surface area contributed by atoms with Gasteiger partial charge in [0.25, 0.3) is 0 Å². The van der Waals surface area contributed by atoms with Gasteiger partial charge in [-0.15, -0.1) is 0 Å². The van der Waals surface area contributed by atoms with Crippen LogP contribution in [0.3, 0.4) is 0 Å². The summed E-state index contributed by atoms with van der Waals surface area (Å²) < 4.78 is 17.6. The number of carbonyl (C=O) groups is 2. The smallest absolute Gasteiger partial charge is 0.316 e. The summed E-state index contributed by atoms with van der Waals surface area (Å²) in [6, 6.07) is 13.1. The molecule has 4 rings (SSSR count). The van der Waals surface area contributed by atoms with Gasteiger partial charge in [0, 0.05) is 18.9 Å². The van der Waals surface area contributed by atoms with E-state index in [1.807, 2.05) is 63.2 Å². The summed E-state index contributed by atoms with van der Waals surface area (Å²) >= 11 is 0. The molecule has 7 nitrogen and oxygen atoms in total. The molecule has 1 amide bonds. The lowest BCUT2D eigenvalue weighted by Gasteiger charge is -2.52. The highest BCUT2D eigenvalue weighted by Crippen LogP contribution is 2.50. The number of carbonyl (C=O) groups excluding carboxylic acids is 1. The van der Waals surface area contributed by atoms with Gasteiger partial charge in [0.1, 0.15) is 11.7 Å². The minimum absolute atomic E-state index is 0.341. The SMILES string of the molecule is CCOc1ccc(CCN2C(=O)[C@H](C(=O)O)[C@@H]3C[C@]2(C)Oc2ccccc23)cc1OCC. The maximum atomic E-state index is 13.3. The van der Waals surface area contributed by atoms with E-state index in [1.54, 1.807) is 4.90 Å². The lowest BCUT2D eigenvalue weighted by atomic mass is 9.73. The van der Waals surface area contributed by atoms with Crippen LogP contribution in [-0.2, 0) is 16.0 Å². The van der Waals surface area contributed by atoms with Gasteiger partial charge in [-0.2, -0.15) is 0 Å². The van der Waals surface area contributed by atoms with Crippen molar-refractivity contribution in [3.05, 3.63) is 53.6 Å². The lowest BCUT2D eigenvalue weighted by Crippen LogP contribution is -2.64. The molecule has 7 heteroatoms. The Kier molecular flexibility index (Phi) is 6.00. The molecule has 0 saturated carbocycles. The minimum Gasteiger partial charge on any atom is -0.490 e. The molecule has 2 bridgehead atoms. The van der Waals surface area contributed by atoms with Crippen molar-refractivity contribution in [3.63, 3.8) is 0 Å². The number of carboxylic acids is 1. The van der Waals surface area contributed by atoms with Crippen molar-refractivity contribution in [3.8, 4) is 17.2 Å². The Labute approximate surface area is 187 Å². The van der Waals surface area contributed by atoms with E-state index < -0.39 is 29.4 Å². The highest BCUT2D eigenvalue weighted by molar-refractivity contribution is 5.99. The second-order valence-corrected chi connectivity index (χ2v) is 8.33. The highest BCUT2D eigenvalue weighted by atomic mass is 16.5. The van der Waals surface area contributed by atoms with Crippen LogP contribution in [0.4, 0.5) is 0 Å². The third-order valence-corrected chi connectivity index (χ3v) is 6.25. The maximum absolute atomic E-state index is 13.3. The summed E-state index contributed by atoms with van der Waals surface area (Å²) in [5.41, 5.74) is 0.868. The Morgan fingerprint density at radius 3 is 2.59 bits per heavy atom. The van der Waals surface area contributed by atoms with Crippen molar-refractivity contribution >= 4 is 11.9 Å². The topological polar surface area (TPSA) is 85.3 Å². The first-order valence-electron chi connectivity index (χ1n) is 11.1. The van der Waals surface area contributed by atoms with Crippen molar-refractivity contribution in [2.75, 3.05) is 19.8 Å². The average molecular weight is 440 g/mol. The molecule has 0 aliphatic carbocycles. The van der Waals surface area contributed by atoms with Crippen molar-refractivity contribution in [2.45, 2.75) is 45.3 Å². The lowest BCUT2D eigenvalue weighted by molar-refractivity contribution is -0.180. The fourth-order valence-corrected chi connectivity index (χ4v) is 4.83. The van der Waals surface area contributed by atoms with Gasteiger partial charge in [-0.3, -0.25) is 9.59 Å². The van der Waals surface area contributed by atoms with Gasteiger partial charge in [0.2, 0.25) is 5.91 Å². The van der Waals surface area contributed by atoms with Crippen molar-refractivity contribution < 1.29 is 28.9 Å². The Bertz CT molecular complexity index is 1020. The zero-order valence-electron chi connectivity index (χ0n) is 18.7. The quantitative estimate of drug-likeness (QED) is 0.629. The number of hydrogen-bond donors (Lipinski definition) is 1. The average Bonchev–Trinajstić information content (AvgIpc) is 2.75. The molecule has 1 fully saturated rings. The summed E-state index contributed by atoms with van der Waals surface area (Å²) in [6.07, 6.45) is 0.982. The van der Waals surface area contributed by atoms with Crippen molar-refractivity contribution in [1.82, 2.24) is 4.90 Å². The molecular weight excluding hydrogens is 410 g/mol. The monoisotopic (exact) mass is 439 g/mol. The molecule has 1 saturated heterocycles. The molecule has 2 aliphatic rings. The zero-order valence-corrected chi connectivity index (χ0v) is 18.7. The molecule has 32 heavy (non-hydrogen) atoms. The maximum Gasteiger partial charge on any atom is 0.316 e. The van der Waals surface area contributed by atoms with Gasteiger partial charge < -0.3 is 24.2 Å². The number of aliphatic carboxylic acids is 1. The molecule has 0 aromatic heterocycles. The first kappa shape index (κ1) is 22.0. The normalized spacial score (nSPS) is 23.8. The van der Waals surface area contributed by atoms with Crippen LogP contribution in [0.5, 0.6) is 17.2 Å². The summed E-state index contributed by atoms with van der Waals surface area (Å²) in [5, 5.41) is 9.89. The number of likely N-dealkylation sites (tertiary alicyclic amines) is 1. The van der Waals surface area contributed by atoms with Crippen molar-refractivity contribution in [2.24, 2.45) is 5.92 Å². The number of piperidine rings is 1. The van der Waals surface area contributed by atoms with Crippen LogP contribution in [0.25, 0.3) is 0 Å². The molecule has 0 unspecified atom stereocenters. The number of amides is 1. The summed E-state index contributed by atoms with van der Waals surface area (Å²) in [7, 11) is 0. The van der Waals surface area contributed by atoms with Crippen molar-refractivity contribution in [1.29, 1.82) is 0 Å². The van der Waals surface area contributed by atoms with Gasteiger partial charge in [0.05, 0.1) is 13.2 Å². The van der Waals surface area contributed by atoms with E-state index in [4.69, 9.17) is 14.2 Å². The van der Waals surface area contributed by atoms with Gasteiger partial charge in [-0.1, -0.05) is 24.3 Å². The fourth-order valence-electron chi connectivity index (χ4n) is 4.83. The summed E-state index contributed by atoms with van der Waals surface area (Å²) in [4.78, 5) is 27.0. The zero-order chi connectivity index (χ0) is 22.9. The van der Waals surface area contributed by atoms with E-state index in [-0.39, 0.29) is 0 Å². The molecule has 2 aliphatic heterocycles. The van der Waals surface area contributed by atoms with Crippen LogP contribution in [0.1, 0.15) is 44.2 Å². The number of hydrogen-bond acceptors (Lipinski definition) is 5. The molecule has 1 N–H and O–H groups in total. The minimum atomic E-state index is -1.12. The van der Waals surface area contributed by atoms with Gasteiger partial charge in [0.15, 0.2) is 17.2 Å². The number of benzene rings is 2. The predicted octanol–water partition coefficient (Wildman–Crippen LogP) is 3.85. The number of rotatable bonds is 8. The van der Waals surface area contributed by atoms with Crippen LogP contribution in [0, 0.1) is 5.92 Å². The third kappa shape index (κ3) is 3.87. The van der Waals surface area contributed by atoms with Gasteiger partial charge in [-0.05, 0) is 56.5 Å². The molecule has 2 heterocycles. The molecule has 2 aromatic carbocycles. The third-order valence-electron chi connectivity index (χ3n) is 6.25. The van der Waals surface area contributed by atoms with Crippen LogP contribution >= 0.6 is 0 Å². The predicted molar refractivity (Wildman–Crippen MR) is 118 cm³/mol. The molecular formula is C25H29NO6. The first-order valence-corrected chi connectivity index (χ1v) is 11.1. The Hall–Kier alpha value is -3.22. The van der Waals surface area contributed by atoms with E-state index in [0.29, 0.717) is 49.8 Å². The molecule has 0 spiro atoms. The van der Waals surface area contributed by atoms with Gasteiger partial charge in [-0.25, -0.2) is 0 Å². The second kappa shape index (κ2) is 8.73. The van der Waals surface area contributed by atoms with Crippen LogP contribution < -0.4 is 14.2 Å². The van der Waals surface area contributed by atoms with Gasteiger partial charge >= 0.3 is 5.97 Å². The van der Waals surface area contributed by atoms with E-state index >= 15 is 0 Å². The van der Waals surface area contributed by atoms with Crippen LogP contribution in [0.2, 0.25) is 0 Å². The highest BCUT2D eigenvalue weighted by Gasteiger charge is 2.56. The second-order valence-electron chi connectivity index (χ2n) is 8.33. The van der Waals surface area contributed by atoms with Crippen LogP contribution in [0.15, 0.2) is 42.5 Å². The van der Waals surface area contributed by atoms with Crippen LogP contribution in [-0.4, -0.2) is 47.4 Å². The first-order chi connectivity index (χ1) is 15.4. The summed E-state index contributed by atoms with van der Waals surface area (Å²) in [5.74, 6) is -1.02.